The van der Waals surface area contributed by atoms with Gasteiger partial charge in [0, 0.05) is 21.5 Å². The second kappa shape index (κ2) is 5.35. The van der Waals surface area contributed by atoms with Gasteiger partial charge >= 0.3 is 0 Å². The second-order valence-electron chi connectivity index (χ2n) is 4.38. The molecule has 0 radical (unpaired) electrons. The number of fused-ring (bicyclic) bond motifs is 1. The summed E-state index contributed by atoms with van der Waals surface area (Å²) in [7, 11) is 0. The maximum absolute atomic E-state index is 6.20. The Labute approximate surface area is 130 Å². The van der Waals surface area contributed by atoms with Gasteiger partial charge in [-0.15, -0.1) is 0 Å². The van der Waals surface area contributed by atoms with E-state index < -0.39 is 0 Å². The van der Waals surface area contributed by atoms with Crippen molar-refractivity contribution in [1.29, 1.82) is 0 Å². The quantitative estimate of drug-likeness (QED) is 0.609. The number of hydrogen-bond donors (Lipinski definition) is 1. The molecule has 4 heteroatoms. The number of hydrogen-bond acceptors (Lipinski definition) is 2. The molecular weight excluding hydrogens is 338 g/mol. The van der Waals surface area contributed by atoms with Gasteiger partial charge in [0.15, 0.2) is 0 Å². The van der Waals surface area contributed by atoms with Crippen LogP contribution in [0.3, 0.4) is 0 Å². The van der Waals surface area contributed by atoms with Gasteiger partial charge in [-0.05, 0) is 46.3 Å². The lowest BCUT2D eigenvalue weighted by Gasteiger charge is -2.11. The van der Waals surface area contributed by atoms with Gasteiger partial charge < -0.3 is 10.5 Å². The van der Waals surface area contributed by atoms with E-state index in [9.17, 15) is 0 Å². The zero-order valence-corrected chi connectivity index (χ0v) is 12.8. The van der Waals surface area contributed by atoms with Gasteiger partial charge in [-0.3, -0.25) is 0 Å². The van der Waals surface area contributed by atoms with Crippen LogP contribution < -0.4 is 10.5 Å². The van der Waals surface area contributed by atoms with Crippen LogP contribution in [0.2, 0.25) is 5.02 Å². The predicted molar refractivity (Wildman–Crippen MR) is 87.6 cm³/mol. The van der Waals surface area contributed by atoms with Crippen LogP contribution in [-0.4, -0.2) is 0 Å². The highest BCUT2D eigenvalue weighted by molar-refractivity contribution is 9.10. The molecule has 3 rings (SSSR count). The van der Waals surface area contributed by atoms with Crippen molar-refractivity contribution >= 4 is 44.0 Å². The molecule has 0 heterocycles. The van der Waals surface area contributed by atoms with Gasteiger partial charge in [0.1, 0.15) is 11.5 Å². The molecule has 0 saturated heterocycles. The van der Waals surface area contributed by atoms with Crippen LogP contribution in [0.15, 0.2) is 59.1 Å². The minimum atomic E-state index is 0.685. The predicted octanol–water partition coefficient (Wildman–Crippen LogP) is 5.63. The third kappa shape index (κ3) is 2.47. The van der Waals surface area contributed by atoms with Gasteiger partial charge in [0.05, 0.1) is 4.47 Å². The molecule has 0 aromatic heterocycles. The van der Waals surface area contributed by atoms with Crippen LogP contribution in [0.5, 0.6) is 11.5 Å². The standard InChI is InChI=1S/C16H11BrClNO/c17-13-9-10(19)5-7-16(13)20-15-8-6-14(18)11-3-1-2-4-12(11)15/h1-9H,19H2. The Morgan fingerprint density at radius 1 is 0.900 bits per heavy atom. The molecule has 3 aromatic rings. The first-order chi connectivity index (χ1) is 9.65. The van der Waals surface area contributed by atoms with Crippen molar-refractivity contribution in [2.24, 2.45) is 0 Å². The van der Waals surface area contributed by atoms with E-state index in [2.05, 4.69) is 15.9 Å². The fraction of sp³-hybridized carbons (Fsp3) is 0. The number of nitrogen functional groups attached to an aromatic ring is 1. The van der Waals surface area contributed by atoms with E-state index in [1.54, 1.807) is 6.07 Å². The largest absolute Gasteiger partial charge is 0.456 e. The van der Waals surface area contributed by atoms with Crippen LogP contribution in [0.1, 0.15) is 0 Å². The Morgan fingerprint density at radius 3 is 2.35 bits per heavy atom. The molecular formula is C16H11BrClNO. The van der Waals surface area contributed by atoms with Gasteiger partial charge in [0.25, 0.3) is 0 Å². The first-order valence-corrected chi connectivity index (χ1v) is 7.22. The van der Waals surface area contributed by atoms with Gasteiger partial charge in [-0.2, -0.15) is 0 Å². The highest BCUT2D eigenvalue weighted by atomic mass is 79.9. The molecule has 0 aliphatic heterocycles. The number of ether oxygens (including phenoxy) is 1. The van der Waals surface area contributed by atoms with Gasteiger partial charge in [0.2, 0.25) is 0 Å². The normalized spacial score (nSPS) is 10.7. The number of anilines is 1. The highest BCUT2D eigenvalue weighted by Gasteiger charge is 2.08. The van der Waals surface area contributed by atoms with E-state index in [0.717, 1.165) is 21.0 Å². The van der Waals surface area contributed by atoms with E-state index in [1.807, 2.05) is 48.5 Å². The molecule has 100 valence electrons. The first kappa shape index (κ1) is 13.3. The molecule has 0 fully saturated rings. The summed E-state index contributed by atoms with van der Waals surface area (Å²) in [5, 5.41) is 2.66. The third-order valence-corrected chi connectivity index (χ3v) is 3.96. The molecule has 0 spiro atoms. The average molecular weight is 349 g/mol. The SMILES string of the molecule is Nc1ccc(Oc2ccc(Cl)c3ccccc23)c(Br)c1. The Bertz CT molecular complexity index is 789. The minimum absolute atomic E-state index is 0.685. The number of nitrogens with two attached hydrogens (primary N) is 1. The summed E-state index contributed by atoms with van der Waals surface area (Å²) in [6.45, 7) is 0. The van der Waals surface area contributed by atoms with Crippen molar-refractivity contribution in [1.82, 2.24) is 0 Å². The van der Waals surface area contributed by atoms with E-state index in [-0.39, 0.29) is 0 Å². The number of halogens is 2. The molecule has 0 amide bonds. The lowest BCUT2D eigenvalue weighted by molar-refractivity contribution is 0.485. The Morgan fingerprint density at radius 2 is 1.60 bits per heavy atom. The van der Waals surface area contributed by atoms with Crippen molar-refractivity contribution < 1.29 is 4.74 Å². The second-order valence-corrected chi connectivity index (χ2v) is 5.64. The van der Waals surface area contributed by atoms with E-state index in [0.29, 0.717) is 16.5 Å². The lowest BCUT2D eigenvalue weighted by Crippen LogP contribution is -1.90. The molecule has 0 bridgehead atoms. The molecule has 20 heavy (non-hydrogen) atoms. The van der Waals surface area contributed by atoms with Crippen LogP contribution >= 0.6 is 27.5 Å². The summed E-state index contributed by atoms with van der Waals surface area (Å²) in [5.74, 6) is 1.47. The molecule has 0 atom stereocenters. The molecule has 2 N–H and O–H groups in total. The number of rotatable bonds is 2. The minimum Gasteiger partial charge on any atom is -0.456 e. The first-order valence-electron chi connectivity index (χ1n) is 6.05. The van der Waals surface area contributed by atoms with Crippen LogP contribution in [0, 0.1) is 0 Å². The van der Waals surface area contributed by atoms with Crippen LogP contribution in [0.25, 0.3) is 10.8 Å². The molecule has 0 aliphatic carbocycles. The summed E-state index contributed by atoms with van der Waals surface area (Å²) in [6.07, 6.45) is 0. The summed E-state index contributed by atoms with van der Waals surface area (Å²) >= 11 is 9.65. The fourth-order valence-corrected chi connectivity index (χ4v) is 2.75. The Balaban J connectivity index is 2.09. The molecule has 0 saturated carbocycles. The molecule has 0 unspecified atom stereocenters. The van der Waals surface area contributed by atoms with E-state index in [4.69, 9.17) is 22.1 Å². The fourth-order valence-electron chi connectivity index (χ4n) is 2.04. The summed E-state index contributed by atoms with van der Waals surface area (Å²) in [4.78, 5) is 0. The van der Waals surface area contributed by atoms with Crippen molar-refractivity contribution in [2.75, 3.05) is 5.73 Å². The molecule has 3 aromatic carbocycles. The zero-order valence-electron chi connectivity index (χ0n) is 10.4. The summed E-state index contributed by atoms with van der Waals surface area (Å²) in [5.41, 5.74) is 6.41. The average Bonchev–Trinajstić information content (AvgIpc) is 2.45. The lowest BCUT2D eigenvalue weighted by atomic mass is 10.1. The molecule has 2 nitrogen and oxygen atoms in total. The van der Waals surface area contributed by atoms with Crippen molar-refractivity contribution in [3.63, 3.8) is 0 Å². The third-order valence-electron chi connectivity index (χ3n) is 3.01. The molecule has 0 aliphatic rings. The number of benzene rings is 3. The topological polar surface area (TPSA) is 35.2 Å². The van der Waals surface area contributed by atoms with Gasteiger partial charge in [-0.1, -0.05) is 35.9 Å². The Kier molecular flexibility index (Phi) is 3.55. The van der Waals surface area contributed by atoms with Crippen LogP contribution in [-0.2, 0) is 0 Å². The van der Waals surface area contributed by atoms with Crippen LogP contribution in [0.4, 0.5) is 5.69 Å². The maximum atomic E-state index is 6.20. The van der Waals surface area contributed by atoms with Crippen molar-refractivity contribution in [3.05, 3.63) is 64.1 Å². The van der Waals surface area contributed by atoms with Crippen molar-refractivity contribution in [3.8, 4) is 11.5 Å². The van der Waals surface area contributed by atoms with Gasteiger partial charge in [-0.25, -0.2) is 0 Å². The summed E-state index contributed by atoms with van der Waals surface area (Å²) < 4.78 is 6.79. The van der Waals surface area contributed by atoms with Crippen molar-refractivity contribution in [2.45, 2.75) is 0 Å². The summed E-state index contributed by atoms with van der Waals surface area (Å²) in [6, 6.07) is 17.0. The highest BCUT2D eigenvalue weighted by Crippen LogP contribution is 2.37. The zero-order chi connectivity index (χ0) is 14.1. The Hall–Kier alpha value is -1.71. The van der Waals surface area contributed by atoms with E-state index >= 15 is 0 Å². The smallest absolute Gasteiger partial charge is 0.141 e. The van der Waals surface area contributed by atoms with E-state index in [1.165, 1.54) is 0 Å². The monoisotopic (exact) mass is 347 g/mol. The maximum Gasteiger partial charge on any atom is 0.141 e.